The Balaban J connectivity index is 2.42. The molecular weight excluding hydrogens is 286 g/mol. The minimum absolute atomic E-state index is 0.199. The number of halogens is 1. The van der Waals surface area contributed by atoms with E-state index in [0.29, 0.717) is 0 Å². The van der Waals surface area contributed by atoms with Crippen molar-refractivity contribution in [1.82, 2.24) is 5.32 Å². The fourth-order valence-corrected chi connectivity index (χ4v) is 3.66. The van der Waals surface area contributed by atoms with Gasteiger partial charge in [0.2, 0.25) is 0 Å². The van der Waals surface area contributed by atoms with Crippen LogP contribution in [0.5, 0.6) is 0 Å². The van der Waals surface area contributed by atoms with Crippen LogP contribution < -0.4 is 5.32 Å². The van der Waals surface area contributed by atoms with Crippen LogP contribution in [0.3, 0.4) is 0 Å². The first-order chi connectivity index (χ1) is 9.32. The molecule has 108 valence electrons. The summed E-state index contributed by atoms with van der Waals surface area (Å²) in [6.45, 7) is 8.89. The van der Waals surface area contributed by atoms with Crippen LogP contribution in [0.25, 0.3) is 0 Å². The molecule has 0 radical (unpaired) electrons. The highest BCUT2D eigenvalue weighted by molar-refractivity contribution is 7.12. The Morgan fingerprint density at radius 1 is 1.15 bits per heavy atom. The van der Waals surface area contributed by atoms with E-state index in [4.69, 9.17) is 11.6 Å². The summed E-state index contributed by atoms with van der Waals surface area (Å²) >= 11 is 8.04. The Morgan fingerprint density at radius 3 is 2.40 bits per heavy atom. The van der Waals surface area contributed by atoms with Crippen LogP contribution in [-0.4, -0.2) is 7.05 Å². The first-order valence-corrected chi connectivity index (χ1v) is 8.06. The van der Waals surface area contributed by atoms with Crippen LogP contribution in [0.2, 0.25) is 5.02 Å². The Morgan fingerprint density at radius 2 is 1.85 bits per heavy atom. The fourth-order valence-electron chi connectivity index (χ4n) is 2.28. The van der Waals surface area contributed by atoms with Crippen LogP contribution in [0.4, 0.5) is 0 Å². The predicted molar refractivity (Wildman–Crippen MR) is 90.1 cm³/mol. The first kappa shape index (κ1) is 15.6. The van der Waals surface area contributed by atoms with Gasteiger partial charge in [0.1, 0.15) is 0 Å². The second-order valence-corrected chi connectivity index (χ2v) is 7.73. The lowest BCUT2D eigenvalue weighted by molar-refractivity contribution is 0.604. The largest absolute Gasteiger partial charge is 0.309 e. The molecule has 0 aliphatic heterocycles. The lowest BCUT2D eigenvalue weighted by Crippen LogP contribution is -2.17. The van der Waals surface area contributed by atoms with Crippen molar-refractivity contribution in [3.8, 4) is 0 Å². The third-order valence-corrected chi connectivity index (χ3v) is 5.30. The smallest absolute Gasteiger partial charge is 0.0671 e. The molecule has 20 heavy (non-hydrogen) atoms. The average molecular weight is 308 g/mol. The number of nitrogens with one attached hydrogen (secondary N) is 1. The summed E-state index contributed by atoms with van der Waals surface area (Å²) in [4.78, 5) is 2.75. The molecule has 0 bridgehead atoms. The van der Waals surface area contributed by atoms with E-state index >= 15 is 0 Å². The summed E-state index contributed by atoms with van der Waals surface area (Å²) in [5, 5.41) is 4.21. The van der Waals surface area contributed by atoms with Gasteiger partial charge in [-0.2, -0.15) is 0 Å². The molecule has 0 saturated carbocycles. The van der Waals surface area contributed by atoms with Crippen LogP contribution in [0.1, 0.15) is 47.7 Å². The Kier molecular flexibility index (Phi) is 4.58. The molecule has 1 atom stereocenters. The molecule has 0 aliphatic rings. The molecule has 1 heterocycles. The van der Waals surface area contributed by atoms with Crippen molar-refractivity contribution < 1.29 is 0 Å². The van der Waals surface area contributed by atoms with E-state index in [0.717, 1.165) is 5.02 Å². The normalized spacial score (nSPS) is 13.5. The zero-order chi connectivity index (χ0) is 14.9. The van der Waals surface area contributed by atoms with Crippen LogP contribution in [0, 0.1) is 6.92 Å². The maximum absolute atomic E-state index is 6.16. The molecule has 0 amide bonds. The SMILES string of the molecule is CNC(c1ccc(C(C)(C)C)s1)c1cc(Cl)ccc1C. The number of hydrogen-bond acceptors (Lipinski definition) is 2. The van der Waals surface area contributed by atoms with Crippen LogP contribution in [-0.2, 0) is 5.41 Å². The van der Waals surface area contributed by atoms with E-state index < -0.39 is 0 Å². The molecule has 0 aliphatic carbocycles. The molecule has 0 fully saturated rings. The van der Waals surface area contributed by atoms with E-state index in [1.165, 1.54) is 20.9 Å². The molecule has 1 N–H and O–H groups in total. The summed E-state index contributed by atoms with van der Waals surface area (Å²) in [5.41, 5.74) is 2.71. The molecular formula is C17H22ClNS. The van der Waals surface area contributed by atoms with Gasteiger partial charge >= 0.3 is 0 Å². The van der Waals surface area contributed by atoms with Gasteiger partial charge in [0, 0.05) is 14.8 Å². The molecule has 1 aromatic carbocycles. The summed E-state index contributed by atoms with van der Waals surface area (Å²) in [6.07, 6.45) is 0. The zero-order valence-corrected chi connectivity index (χ0v) is 14.3. The number of benzene rings is 1. The van der Waals surface area contributed by atoms with E-state index in [2.05, 4.69) is 57.3 Å². The summed E-state index contributed by atoms with van der Waals surface area (Å²) in [6, 6.07) is 10.8. The van der Waals surface area contributed by atoms with Gasteiger partial charge in [0.05, 0.1) is 6.04 Å². The zero-order valence-electron chi connectivity index (χ0n) is 12.8. The molecule has 3 heteroatoms. The molecule has 1 aromatic heterocycles. The molecule has 0 spiro atoms. The number of thiophene rings is 1. The minimum atomic E-state index is 0.199. The van der Waals surface area contributed by atoms with Gasteiger partial charge < -0.3 is 5.32 Å². The van der Waals surface area contributed by atoms with Crippen LogP contribution in [0.15, 0.2) is 30.3 Å². The van der Waals surface area contributed by atoms with Crippen molar-refractivity contribution in [3.05, 3.63) is 56.2 Å². The van der Waals surface area contributed by atoms with Crippen molar-refractivity contribution >= 4 is 22.9 Å². The van der Waals surface area contributed by atoms with Crippen molar-refractivity contribution in [2.45, 2.75) is 39.2 Å². The highest BCUT2D eigenvalue weighted by Crippen LogP contribution is 2.35. The molecule has 0 saturated heterocycles. The van der Waals surface area contributed by atoms with E-state index in [9.17, 15) is 0 Å². The van der Waals surface area contributed by atoms with Gasteiger partial charge in [-0.3, -0.25) is 0 Å². The predicted octanol–water partition coefficient (Wildman–Crippen LogP) is 5.32. The Hall–Kier alpha value is -0.830. The molecule has 2 aromatic rings. The van der Waals surface area contributed by atoms with Gasteiger partial charge in [-0.05, 0) is 54.8 Å². The number of rotatable bonds is 3. The third-order valence-electron chi connectivity index (χ3n) is 3.49. The Bertz CT molecular complexity index is 595. The minimum Gasteiger partial charge on any atom is -0.309 e. The van der Waals surface area contributed by atoms with Gasteiger partial charge in [0.25, 0.3) is 0 Å². The third kappa shape index (κ3) is 3.25. The molecule has 2 rings (SSSR count). The maximum Gasteiger partial charge on any atom is 0.0671 e. The van der Waals surface area contributed by atoms with E-state index in [-0.39, 0.29) is 11.5 Å². The lowest BCUT2D eigenvalue weighted by atomic mass is 9.95. The van der Waals surface area contributed by atoms with Crippen molar-refractivity contribution in [1.29, 1.82) is 0 Å². The highest BCUT2D eigenvalue weighted by Gasteiger charge is 2.21. The second-order valence-electron chi connectivity index (χ2n) is 6.17. The van der Waals surface area contributed by atoms with E-state index in [1.807, 2.05) is 24.5 Å². The van der Waals surface area contributed by atoms with Crippen molar-refractivity contribution in [2.75, 3.05) is 7.05 Å². The summed E-state index contributed by atoms with van der Waals surface area (Å²) in [7, 11) is 2.00. The summed E-state index contributed by atoms with van der Waals surface area (Å²) in [5.74, 6) is 0. The summed E-state index contributed by atoms with van der Waals surface area (Å²) < 4.78 is 0. The highest BCUT2D eigenvalue weighted by atomic mass is 35.5. The second kappa shape index (κ2) is 5.88. The standard InChI is InChI=1S/C17H22ClNS/c1-11-6-7-12(18)10-13(11)16(19-5)14-8-9-15(20-14)17(2,3)4/h6-10,16,19H,1-5H3. The van der Waals surface area contributed by atoms with Crippen LogP contribution >= 0.6 is 22.9 Å². The number of aryl methyl sites for hydroxylation is 1. The first-order valence-electron chi connectivity index (χ1n) is 6.86. The van der Waals surface area contributed by atoms with Gasteiger partial charge in [-0.25, -0.2) is 0 Å². The Labute approximate surface area is 131 Å². The topological polar surface area (TPSA) is 12.0 Å². The number of hydrogen-bond donors (Lipinski definition) is 1. The van der Waals surface area contributed by atoms with Gasteiger partial charge in [0.15, 0.2) is 0 Å². The van der Waals surface area contributed by atoms with Gasteiger partial charge in [-0.15, -0.1) is 11.3 Å². The molecule has 1 unspecified atom stereocenters. The lowest BCUT2D eigenvalue weighted by Gasteiger charge is -2.19. The fraction of sp³-hybridized carbons (Fsp3) is 0.412. The van der Waals surface area contributed by atoms with E-state index in [1.54, 1.807) is 0 Å². The van der Waals surface area contributed by atoms with Crippen molar-refractivity contribution in [2.24, 2.45) is 0 Å². The van der Waals surface area contributed by atoms with Crippen molar-refractivity contribution in [3.63, 3.8) is 0 Å². The monoisotopic (exact) mass is 307 g/mol. The van der Waals surface area contributed by atoms with Gasteiger partial charge in [-0.1, -0.05) is 38.4 Å². The quantitative estimate of drug-likeness (QED) is 0.809. The average Bonchev–Trinajstić information content (AvgIpc) is 2.84. The molecule has 1 nitrogen and oxygen atoms in total. The maximum atomic E-state index is 6.16.